The molecule has 1 atom stereocenters. The molecule has 1 fully saturated rings. The highest BCUT2D eigenvalue weighted by molar-refractivity contribution is 6.42. The maximum Gasteiger partial charge on any atom is 0.433 e. The highest BCUT2D eigenvalue weighted by atomic mass is 19.4. The van der Waals surface area contributed by atoms with Gasteiger partial charge in [0.15, 0.2) is 0 Å². The Labute approximate surface area is 196 Å². The molecule has 2 N–H and O–H groups in total. The Hall–Kier alpha value is -3.63. The van der Waals surface area contributed by atoms with E-state index in [0.717, 1.165) is 17.8 Å². The Morgan fingerprint density at radius 1 is 1.18 bits per heavy atom. The maximum absolute atomic E-state index is 13.0. The number of aromatic nitrogens is 4. The van der Waals surface area contributed by atoms with Crippen molar-refractivity contribution in [3.63, 3.8) is 0 Å². The van der Waals surface area contributed by atoms with E-state index in [0.29, 0.717) is 35.1 Å². The van der Waals surface area contributed by atoms with E-state index in [1.807, 2.05) is 29.5 Å². The molecule has 4 rings (SSSR count). The molecule has 0 spiro atoms. The first-order valence-electron chi connectivity index (χ1n) is 10.6. The third-order valence-corrected chi connectivity index (χ3v) is 5.44. The lowest BCUT2D eigenvalue weighted by Gasteiger charge is -2.19. The standard InChI is InChI=1S/C21H22B2F3N7O/c1-11-7-15(29-9-14(11)13-3-5-27-16(8-13)21(24,25)26)12(2)30-18-28-6-4-17(31-18)33-10-20(22,23)32-19(33)34/h3-9,12H,10,22-23H2,1-2H3,(H,32,34)(H,28,30,31). The van der Waals surface area contributed by atoms with Crippen LogP contribution in [0.15, 0.2) is 42.9 Å². The van der Waals surface area contributed by atoms with Crippen LogP contribution < -0.4 is 15.5 Å². The first-order valence-corrected chi connectivity index (χ1v) is 10.6. The van der Waals surface area contributed by atoms with Crippen molar-refractivity contribution in [2.45, 2.75) is 31.4 Å². The Bertz CT molecular complexity index is 1240. The first kappa shape index (κ1) is 23.5. The van der Waals surface area contributed by atoms with Gasteiger partial charge in [0.2, 0.25) is 5.95 Å². The smallest absolute Gasteiger partial charge is 0.346 e. The minimum Gasteiger partial charge on any atom is -0.346 e. The summed E-state index contributed by atoms with van der Waals surface area (Å²) in [5, 5.41) is 5.71. The minimum atomic E-state index is -4.52. The van der Waals surface area contributed by atoms with Crippen molar-refractivity contribution in [3.8, 4) is 11.1 Å². The van der Waals surface area contributed by atoms with E-state index in [4.69, 9.17) is 0 Å². The second-order valence-electron chi connectivity index (χ2n) is 8.86. The molecule has 0 aliphatic carbocycles. The first-order chi connectivity index (χ1) is 15.9. The number of alkyl halides is 3. The van der Waals surface area contributed by atoms with Gasteiger partial charge in [-0.2, -0.15) is 18.2 Å². The molecule has 1 unspecified atom stereocenters. The second kappa shape index (κ2) is 8.62. The zero-order valence-electron chi connectivity index (χ0n) is 19.1. The summed E-state index contributed by atoms with van der Waals surface area (Å²) in [5.41, 5.74) is 1.46. The summed E-state index contributed by atoms with van der Waals surface area (Å²) in [6, 6.07) is 5.49. The molecule has 4 heterocycles. The fraction of sp³-hybridized carbons (Fsp3) is 0.286. The predicted molar refractivity (Wildman–Crippen MR) is 127 cm³/mol. The lowest BCUT2D eigenvalue weighted by atomic mass is 9.63. The van der Waals surface area contributed by atoms with Crippen LogP contribution in [-0.4, -0.2) is 53.5 Å². The molecule has 34 heavy (non-hydrogen) atoms. The highest BCUT2D eigenvalue weighted by Crippen LogP contribution is 2.32. The number of rotatable bonds is 5. The van der Waals surface area contributed by atoms with Crippen molar-refractivity contribution < 1.29 is 18.0 Å². The van der Waals surface area contributed by atoms with Crippen LogP contribution in [0.3, 0.4) is 0 Å². The van der Waals surface area contributed by atoms with Gasteiger partial charge in [-0.05, 0) is 54.6 Å². The molecule has 1 saturated heterocycles. The van der Waals surface area contributed by atoms with Crippen molar-refractivity contribution in [1.29, 1.82) is 0 Å². The predicted octanol–water partition coefficient (Wildman–Crippen LogP) is 1.88. The van der Waals surface area contributed by atoms with E-state index in [2.05, 4.69) is 30.6 Å². The molecule has 8 nitrogen and oxygen atoms in total. The van der Waals surface area contributed by atoms with Gasteiger partial charge in [0.25, 0.3) is 0 Å². The minimum absolute atomic E-state index is 0.222. The number of hydrogen-bond acceptors (Lipinski definition) is 6. The number of carbonyl (C=O) groups excluding carboxylic acids is 1. The lowest BCUT2D eigenvalue weighted by molar-refractivity contribution is -0.141. The molecule has 3 aromatic rings. The van der Waals surface area contributed by atoms with Crippen molar-refractivity contribution in [3.05, 3.63) is 59.8 Å². The average Bonchev–Trinajstić information content (AvgIpc) is 3.05. The van der Waals surface area contributed by atoms with E-state index in [9.17, 15) is 18.0 Å². The summed E-state index contributed by atoms with van der Waals surface area (Å²) in [6.45, 7) is 4.16. The average molecular weight is 467 g/mol. The van der Waals surface area contributed by atoms with Crippen LogP contribution >= 0.6 is 0 Å². The Morgan fingerprint density at radius 3 is 2.56 bits per heavy atom. The molecule has 174 valence electrons. The number of anilines is 2. The molecular formula is C21H22B2F3N7O. The summed E-state index contributed by atoms with van der Waals surface area (Å²) < 4.78 is 39.1. The van der Waals surface area contributed by atoms with Gasteiger partial charge in [-0.25, -0.2) is 9.78 Å². The SMILES string of the molecule is BC1(B)CN(c2ccnc(NC(C)c3cc(C)c(-c4ccnc(C(F)(F)F)c4)cn3)n2)C(=O)N1. The topological polar surface area (TPSA) is 95.9 Å². The van der Waals surface area contributed by atoms with E-state index >= 15 is 0 Å². The van der Waals surface area contributed by atoms with Gasteiger partial charge in [0.1, 0.15) is 27.2 Å². The van der Waals surface area contributed by atoms with Crippen molar-refractivity contribution >= 4 is 33.5 Å². The molecule has 0 aromatic carbocycles. The number of pyridine rings is 2. The molecular weight excluding hydrogens is 445 g/mol. The van der Waals surface area contributed by atoms with Crippen LogP contribution in [0.5, 0.6) is 0 Å². The fourth-order valence-corrected chi connectivity index (χ4v) is 3.76. The van der Waals surface area contributed by atoms with E-state index in [1.165, 1.54) is 6.07 Å². The van der Waals surface area contributed by atoms with Crippen molar-refractivity contribution in [1.82, 2.24) is 25.3 Å². The molecule has 0 bridgehead atoms. The molecule has 2 amide bonds. The van der Waals surface area contributed by atoms with Crippen molar-refractivity contribution in [2.24, 2.45) is 0 Å². The van der Waals surface area contributed by atoms with Gasteiger partial charge in [0.05, 0.1) is 11.7 Å². The quantitative estimate of drug-likeness (QED) is 0.557. The van der Waals surface area contributed by atoms with Crippen LogP contribution in [0, 0.1) is 6.92 Å². The number of aryl methyl sites for hydroxylation is 1. The number of nitrogens with zero attached hydrogens (tertiary/aromatic N) is 5. The molecule has 1 aliphatic rings. The van der Waals surface area contributed by atoms with E-state index in [-0.39, 0.29) is 17.4 Å². The van der Waals surface area contributed by atoms with Crippen molar-refractivity contribution in [2.75, 3.05) is 16.8 Å². The molecule has 0 saturated carbocycles. The van der Waals surface area contributed by atoms with Gasteiger partial charge < -0.3 is 10.6 Å². The number of amides is 2. The normalized spacial score (nSPS) is 16.3. The van der Waals surface area contributed by atoms with Gasteiger partial charge in [0, 0.05) is 30.7 Å². The number of hydrogen-bond donors (Lipinski definition) is 2. The Kier molecular flexibility index (Phi) is 5.96. The Balaban J connectivity index is 1.52. The molecule has 1 aliphatic heterocycles. The highest BCUT2D eigenvalue weighted by Gasteiger charge is 2.36. The summed E-state index contributed by atoms with van der Waals surface area (Å²) >= 11 is 0. The van der Waals surface area contributed by atoms with E-state index in [1.54, 1.807) is 29.4 Å². The van der Waals surface area contributed by atoms with Gasteiger partial charge >= 0.3 is 12.2 Å². The summed E-state index contributed by atoms with van der Waals surface area (Å²) in [4.78, 5) is 30.4. The third-order valence-electron chi connectivity index (χ3n) is 5.44. The summed E-state index contributed by atoms with van der Waals surface area (Å²) in [6.07, 6.45) is -0.261. The summed E-state index contributed by atoms with van der Waals surface area (Å²) in [5.74, 6) is 0.806. The lowest BCUT2D eigenvalue weighted by Crippen LogP contribution is -2.44. The van der Waals surface area contributed by atoms with Gasteiger partial charge in [-0.3, -0.25) is 14.9 Å². The summed E-state index contributed by atoms with van der Waals surface area (Å²) in [7, 11) is 3.86. The third kappa shape index (κ3) is 4.97. The van der Waals surface area contributed by atoms with Gasteiger partial charge in [-0.1, -0.05) is 0 Å². The fourth-order valence-electron chi connectivity index (χ4n) is 3.76. The number of urea groups is 1. The zero-order chi connectivity index (χ0) is 24.7. The van der Waals surface area contributed by atoms with Crippen LogP contribution in [0.25, 0.3) is 11.1 Å². The van der Waals surface area contributed by atoms with Crippen LogP contribution in [0.1, 0.15) is 29.9 Å². The van der Waals surface area contributed by atoms with Gasteiger partial charge in [-0.15, -0.1) is 0 Å². The molecule has 13 heteroatoms. The molecule has 3 aromatic heterocycles. The molecule has 0 radical (unpaired) electrons. The Morgan fingerprint density at radius 2 is 1.91 bits per heavy atom. The number of nitrogens with one attached hydrogen (secondary N) is 2. The monoisotopic (exact) mass is 467 g/mol. The van der Waals surface area contributed by atoms with Crippen LogP contribution in [-0.2, 0) is 6.18 Å². The maximum atomic E-state index is 13.0. The van der Waals surface area contributed by atoms with Crippen LogP contribution in [0.4, 0.5) is 29.7 Å². The zero-order valence-corrected chi connectivity index (χ0v) is 19.1. The largest absolute Gasteiger partial charge is 0.433 e. The number of halogens is 3. The van der Waals surface area contributed by atoms with Crippen LogP contribution in [0.2, 0.25) is 0 Å². The van der Waals surface area contributed by atoms with E-state index < -0.39 is 11.9 Å². The second-order valence-corrected chi connectivity index (χ2v) is 8.86. The number of carbonyl (C=O) groups is 1.